The molecule has 1 amide bonds. The van der Waals surface area contributed by atoms with Gasteiger partial charge in [-0.2, -0.15) is 13.2 Å². The van der Waals surface area contributed by atoms with Crippen LogP contribution < -0.4 is 4.74 Å². The molecule has 0 bridgehead atoms. The zero-order valence-electron chi connectivity index (χ0n) is 19.5. The van der Waals surface area contributed by atoms with E-state index in [-0.39, 0.29) is 17.5 Å². The van der Waals surface area contributed by atoms with Crippen molar-refractivity contribution >= 4 is 28.8 Å². The number of ether oxygens (including phenoxy) is 2. The third kappa shape index (κ3) is 5.08. The number of nitrogens with zero attached hydrogens (tertiary/aromatic N) is 3. The molecule has 1 aromatic carbocycles. The Morgan fingerprint density at radius 1 is 1.26 bits per heavy atom. The van der Waals surface area contributed by atoms with Gasteiger partial charge in [-0.3, -0.25) is 4.79 Å². The molecular weight excluding hydrogens is 471 g/mol. The lowest BCUT2D eigenvalue weighted by molar-refractivity contribution is -0.145. The first kappa shape index (κ1) is 25.7. The third-order valence-electron chi connectivity index (χ3n) is 5.31. The van der Waals surface area contributed by atoms with E-state index in [4.69, 9.17) is 9.47 Å². The average Bonchev–Trinajstić information content (AvgIpc) is 3.18. The topological polar surface area (TPSA) is 71.4 Å². The summed E-state index contributed by atoms with van der Waals surface area (Å²) in [7, 11) is 3.04. The Morgan fingerprint density at radius 3 is 2.53 bits per heavy atom. The molecule has 0 saturated heterocycles. The lowest BCUT2D eigenvalue weighted by atomic mass is 9.92. The number of benzene rings is 1. The molecule has 184 valence electrons. The SMILES string of the molecule is CCN(C)C(=O)CC1=CSC2=NC(C(F)(F)F)=C(C(=O)OC(C)C)C(c3ccccc3OC)N12. The fraction of sp³-hybridized carbons (Fsp3) is 0.435. The number of amides is 1. The van der Waals surface area contributed by atoms with Gasteiger partial charge in [-0.15, -0.1) is 0 Å². The van der Waals surface area contributed by atoms with Crippen LogP contribution in [0, 0.1) is 0 Å². The zero-order chi connectivity index (χ0) is 25.2. The highest BCUT2D eigenvalue weighted by Gasteiger charge is 2.50. The van der Waals surface area contributed by atoms with Crippen LogP contribution in [0.5, 0.6) is 5.75 Å². The van der Waals surface area contributed by atoms with Crippen molar-refractivity contribution in [3.05, 3.63) is 52.2 Å². The van der Waals surface area contributed by atoms with E-state index in [1.165, 1.54) is 16.9 Å². The minimum atomic E-state index is -4.91. The van der Waals surface area contributed by atoms with Gasteiger partial charge < -0.3 is 19.3 Å². The molecule has 11 heteroatoms. The van der Waals surface area contributed by atoms with Crippen LogP contribution in [0.3, 0.4) is 0 Å². The standard InChI is InChI=1S/C23H26F3N3O4S/c1-6-28(4)17(30)11-14-12-34-22-27-20(23(24,25)26)18(21(31)33-13(2)3)19(29(14)22)15-9-7-8-10-16(15)32-5/h7-10,12-13,19H,6,11H2,1-5H3. The second-order valence-electron chi connectivity index (χ2n) is 7.93. The molecule has 1 aromatic rings. The molecule has 0 fully saturated rings. The van der Waals surface area contributed by atoms with Crippen LogP contribution in [-0.4, -0.2) is 59.8 Å². The number of fused-ring (bicyclic) bond motifs is 1. The number of para-hydroxylation sites is 1. The largest absolute Gasteiger partial charge is 0.496 e. The minimum absolute atomic E-state index is 0.0197. The maximum absolute atomic E-state index is 14.2. The molecular formula is C23H26F3N3O4S. The highest BCUT2D eigenvalue weighted by molar-refractivity contribution is 8.16. The number of allylic oxidation sites excluding steroid dienone is 1. The number of hydrogen-bond donors (Lipinski definition) is 0. The normalized spacial score (nSPS) is 17.9. The molecule has 2 aliphatic heterocycles. The van der Waals surface area contributed by atoms with Gasteiger partial charge in [-0.05, 0) is 32.2 Å². The van der Waals surface area contributed by atoms with E-state index < -0.39 is 35.6 Å². The summed E-state index contributed by atoms with van der Waals surface area (Å²) in [6.45, 7) is 5.40. The maximum Gasteiger partial charge on any atom is 0.434 e. The number of esters is 1. The Morgan fingerprint density at radius 2 is 1.94 bits per heavy atom. The molecule has 1 atom stereocenters. The lowest BCUT2D eigenvalue weighted by Crippen LogP contribution is -2.40. The molecule has 34 heavy (non-hydrogen) atoms. The van der Waals surface area contributed by atoms with E-state index in [0.29, 0.717) is 23.6 Å². The van der Waals surface area contributed by atoms with Gasteiger partial charge >= 0.3 is 12.1 Å². The van der Waals surface area contributed by atoms with Crippen LogP contribution in [0.4, 0.5) is 13.2 Å². The first-order valence-corrected chi connectivity index (χ1v) is 11.5. The fourth-order valence-corrected chi connectivity index (χ4v) is 4.53. The molecule has 3 rings (SSSR count). The summed E-state index contributed by atoms with van der Waals surface area (Å²) in [5.41, 5.74) is -1.22. The summed E-state index contributed by atoms with van der Waals surface area (Å²) < 4.78 is 53.2. The highest BCUT2D eigenvalue weighted by Crippen LogP contribution is 2.49. The van der Waals surface area contributed by atoms with E-state index in [1.807, 2.05) is 6.92 Å². The van der Waals surface area contributed by atoms with Gasteiger partial charge in [-0.1, -0.05) is 30.0 Å². The molecule has 2 aliphatic rings. The van der Waals surface area contributed by atoms with E-state index >= 15 is 0 Å². The molecule has 0 radical (unpaired) electrons. The van der Waals surface area contributed by atoms with Crippen molar-refractivity contribution in [2.75, 3.05) is 20.7 Å². The summed E-state index contributed by atoms with van der Waals surface area (Å²) in [5.74, 6) is -1.06. The summed E-state index contributed by atoms with van der Waals surface area (Å²) in [6, 6.07) is 5.25. The monoisotopic (exact) mass is 497 g/mol. The Hall–Kier alpha value is -2.95. The predicted octanol–water partition coefficient (Wildman–Crippen LogP) is 4.63. The van der Waals surface area contributed by atoms with Crippen LogP contribution in [0.2, 0.25) is 0 Å². The number of halogens is 3. The molecule has 0 aromatic heterocycles. The van der Waals surface area contributed by atoms with Crippen LogP contribution in [0.15, 0.2) is 51.6 Å². The quantitative estimate of drug-likeness (QED) is 0.512. The van der Waals surface area contributed by atoms with Crippen molar-refractivity contribution in [1.29, 1.82) is 0 Å². The van der Waals surface area contributed by atoms with Gasteiger partial charge in [0.15, 0.2) is 10.9 Å². The van der Waals surface area contributed by atoms with E-state index in [9.17, 15) is 22.8 Å². The van der Waals surface area contributed by atoms with Gasteiger partial charge in [0.1, 0.15) is 5.75 Å². The van der Waals surface area contributed by atoms with Gasteiger partial charge in [0.2, 0.25) is 5.91 Å². The Labute approximate surface area is 200 Å². The van der Waals surface area contributed by atoms with Crippen LogP contribution in [0.1, 0.15) is 38.8 Å². The predicted molar refractivity (Wildman–Crippen MR) is 123 cm³/mol. The lowest BCUT2D eigenvalue weighted by Gasteiger charge is -2.37. The number of thioether (sulfide) groups is 1. The smallest absolute Gasteiger partial charge is 0.434 e. The number of carbonyl (C=O) groups excluding carboxylic acids is 2. The number of aliphatic imine (C=N–C) groups is 1. The summed E-state index contributed by atoms with van der Waals surface area (Å²) >= 11 is 0.971. The summed E-state index contributed by atoms with van der Waals surface area (Å²) in [5, 5.41) is 1.61. The average molecular weight is 498 g/mol. The first-order valence-electron chi connectivity index (χ1n) is 10.6. The van der Waals surface area contributed by atoms with Gasteiger partial charge in [-0.25, -0.2) is 9.79 Å². The molecule has 0 spiro atoms. The van der Waals surface area contributed by atoms with Gasteiger partial charge in [0.05, 0.1) is 31.2 Å². The zero-order valence-corrected chi connectivity index (χ0v) is 20.3. The molecule has 0 N–H and O–H groups in total. The van der Waals surface area contributed by atoms with Crippen molar-refractivity contribution in [2.24, 2.45) is 4.99 Å². The van der Waals surface area contributed by atoms with E-state index in [0.717, 1.165) is 11.8 Å². The van der Waals surface area contributed by atoms with Crippen molar-refractivity contribution in [3.8, 4) is 5.75 Å². The number of methoxy groups -OCH3 is 1. The van der Waals surface area contributed by atoms with E-state index in [2.05, 4.69) is 4.99 Å². The molecule has 0 saturated carbocycles. The maximum atomic E-state index is 14.2. The van der Waals surface area contributed by atoms with Gasteiger partial charge in [0, 0.05) is 24.9 Å². The third-order valence-corrected chi connectivity index (χ3v) is 6.20. The number of amidine groups is 1. The second-order valence-corrected chi connectivity index (χ2v) is 8.77. The molecule has 2 heterocycles. The molecule has 1 unspecified atom stereocenters. The van der Waals surface area contributed by atoms with Crippen LogP contribution in [-0.2, 0) is 14.3 Å². The molecule has 0 aliphatic carbocycles. The van der Waals surface area contributed by atoms with Crippen molar-refractivity contribution in [3.63, 3.8) is 0 Å². The van der Waals surface area contributed by atoms with Crippen molar-refractivity contribution in [1.82, 2.24) is 9.80 Å². The van der Waals surface area contributed by atoms with Gasteiger partial charge in [0.25, 0.3) is 0 Å². The fourth-order valence-electron chi connectivity index (χ4n) is 3.61. The number of alkyl halides is 3. The number of carbonyl (C=O) groups is 2. The van der Waals surface area contributed by atoms with E-state index in [1.54, 1.807) is 50.6 Å². The Balaban J connectivity index is 2.23. The van der Waals surface area contributed by atoms with Crippen LogP contribution >= 0.6 is 11.8 Å². The number of rotatable bonds is 7. The molecule has 7 nitrogen and oxygen atoms in total. The minimum Gasteiger partial charge on any atom is -0.496 e. The second kappa shape index (κ2) is 10.1. The number of hydrogen-bond acceptors (Lipinski definition) is 7. The Bertz CT molecular complexity index is 1070. The Kier molecular flexibility index (Phi) is 7.64. The highest BCUT2D eigenvalue weighted by atomic mass is 32.2. The summed E-state index contributed by atoms with van der Waals surface area (Å²) in [4.78, 5) is 32.6. The van der Waals surface area contributed by atoms with Crippen molar-refractivity contribution < 1.29 is 32.2 Å². The van der Waals surface area contributed by atoms with Crippen LogP contribution in [0.25, 0.3) is 0 Å². The first-order chi connectivity index (χ1) is 16.0. The summed E-state index contributed by atoms with van der Waals surface area (Å²) in [6.07, 6.45) is -5.64. The van der Waals surface area contributed by atoms with Crippen molar-refractivity contribution in [2.45, 2.75) is 45.5 Å².